The number of rotatable bonds is 4. The predicted molar refractivity (Wildman–Crippen MR) is 78.5 cm³/mol. The van der Waals surface area contributed by atoms with E-state index in [9.17, 15) is 18.0 Å². The molecule has 2 N–H and O–H groups in total. The minimum Gasteiger partial charge on any atom is -0.352 e. The summed E-state index contributed by atoms with van der Waals surface area (Å²) < 4.78 is 38.1. The van der Waals surface area contributed by atoms with E-state index < -0.39 is 11.7 Å². The van der Waals surface area contributed by atoms with E-state index in [4.69, 9.17) is 0 Å². The Hall–Kier alpha value is -1.56. The number of piperidine rings is 1. The van der Waals surface area contributed by atoms with Crippen LogP contribution >= 0.6 is 0 Å². The highest BCUT2D eigenvalue weighted by Gasteiger charge is 2.30. The minimum absolute atomic E-state index is 0.112. The molecule has 1 aromatic carbocycles. The van der Waals surface area contributed by atoms with Gasteiger partial charge in [0, 0.05) is 19.0 Å². The van der Waals surface area contributed by atoms with Gasteiger partial charge in [-0.3, -0.25) is 4.79 Å². The quantitative estimate of drug-likeness (QED) is 0.897. The number of benzene rings is 1. The van der Waals surface area contributed by atoms with Gasteiger partial charge in [-0.05, 0) is 36.9 Å². The summed E-state index contributed by atoms with van der Waals surface area (Å²) in [6.07, 6.45) is -2.20. The maximum Gasteiger partial charge on any atom is 0.416 e. The molecule has 3 nitrogen and oxygen atoms in total. The van der Waals surface area contributed by atoms with Crippen LogP contribution < -0.4 is 10.6 Å². The maximum absolute atomic E-state index is 12.7. The van der Waals surface area contributed by atoms with E-state index in [1.165, 1.54) is 6.07 Å². The molecule has 122 valence electrons. The molecule has 2 rings (SSSR count). The lowest BCUT2D eigenvalue weighted by atomic mass is 9.95. The minimum atomic E-state index is -4.36. The summed E-state index contributed by atoms with van der Waals surface area (Å²) in [5.74, 6) is -0.363. The Kier molecular flexibility index (Phi) is 5.45. The Bertz CT molecular complexity index is 510. The number of hydrogen-bond donors (Lipinski definition) is 2. The van der Waals surface area contributed by atoms with Gasteiger partial charge >= 0.3 is 6.18 Å². The third kappa shape index (κ3) is 4.73. The van der Waals surface area contributed by atoms with E-state index in [1.54, 1.807) is 13.0 Å². The topological polar surface area (TPSA) is 41.1 Å². The highest BCUT2D eigenvalue weighted by atomic mass is 19.4. The first-order valence-corrected chi connectivity index (χ1v) is 7.53. The lowest BCUT2D eigenvalue weighted by molar-refractivity contribution is -0.137. The standard InChI is InChI=1S/C16H21F3N2O/c1-11(8-15(22)21-14-6-3-7-20-10-14)12-4-2-5-13(9-12)16(17,18)19/h2,4-5,9,11,14,20H,3,6-8,10H2,1H3,(H,21,22)/t11?,14-/m0/s1. The fraction of sp³-hybridized carbons (Fsp3) is 0.562. The fourth-order valence-corrected chi connectivity index (χ4v) is 2.68. The van der Waals surface area contributed by atoms with Crippen LogP contribution in [0.2, 0.25) is 0 Å². The molecule has 1 fully saturated rings. The molecule has 1 unspecified atom stereocenters. The summed E-state index contributed by atoms with van der Waals surface area (Å²) in [6, 6.07) is 5.31. The zero-order chi connectivity index (χ0) is 16.2. The molecule has 0 saturated carbocycles. The summed E-state index contributed by atoms with van der Waals surface area (Å²) in [5.41, 5.74) is -0.138. The van der Waals surface area contributed by atoms with Crippen LogP contribution in [0.25, 0.3) is 0 Å². The third-order valence-electron chi connectivity index (χ3n) is 3.94. The van der Waals surface area contributed by atoms with Gasteiger partial charge in [-0.2, -0.15) is 13.2 Å². The molecule has 0 spiro atoms. The molecule has 1 aromatic rings. The summed E-state index contributed by atoms with van der Waals surface area (Å²) in [5, 5.41) is 6.15. The van der Waals surface area contributed by atoms with Gasteiger partial charge in [0.25, 0.3) is 0 Å². The van der Waals surface area contributed by atoms with Crippen LogP contribution in [0.3, 0.4) is 0 Å². The van der Waals surface area contributed by atoms with Gasteiger partial charge in [0.05, 0.1) is 5.56 Å². The van der Waals surface area contributed by atoms with Gasteiger partial charge in [-0.15, -0.1) is 0 Å². The monoisotopic (exact) mass is 314 g/mol. The first-order valence-electron chi connectivity index (χ1n) is 7.53. The Labute approximate surface area is 128 Å². The second kappa shape index (κ2) is 7.13. The zero-order valence-corrected chi connectivity index (χ0v) is 12.5. The Morgan fingerprint density at radius 3 is 2.86 bits per heavy atom. The predicted octanol–water partition coefficient (Wildman–Crippen LogP) is 3.07. The molecule has 1 heterocycles. The van der Waals surface area contributed by atoms with Crippen molar-refractivity contribution in [2.75, 3.05) is 13.1 Å². The van der Waals surface area contributed by atoms with Crippen LogP contribution in [0.15, 0.2) is 24.3 Å². The smallest absolute Gasteiger partial charge is 0.352 e. The van der Waals surface area contributed by atoms with Gasteiger partial charge in [0.1, 0.15) is 0 Å². The molecular weight excluding hydrogens is 293 g/mol. The summed E-state index contributed by atoms with van der Waals surface area (Å²) in [7, 11) is 0. The molecule has 0 bridgehead atoms. The van der Waals surface area contributed by atoms with Crippen LogP contribution in [0.4, 0.5) is 13.2 Å². The first kappa shape index (κ1) is 16.8. The summed E-state index contributed by atoms with van der Waals surface area (Å²) >= 11 is 0. The Balaban J connectivity index is 1.93. The van der Waals surface area contributed by atoms with Crippen molar-refractivity contribution in [2.45, 2.75) is 44.3 Å². The van der Waals surface area contributed by atoms with Crippen LogP contribution in [-0.2, 0) is 11.0 Å². The molecule has 6 heteroatoms. The van der Waals surface area contributed by atoms with Gasteiger partial charge in [0.2, 0.25) is 5.91 Å². The number of amides is 1. The van der Waals surface area contributed by atoms with Crippen molar-refractivity contribution in [3.05, 3.63) is 35.4 Å². The van der Waals surface area contributed by atoms with Crippen molar-refractivity contribution in [1.82, 2.24) is 10.6 Å². The average Bonchev–Trinajstić information content (AvgIpc) is 2.47. The highest BCUT2D eigenvalue weighted by Crippen LogP contribution is 2.31. The van der Waals surface area contributed by atoms with Crippen molar-refractivity contribution in [3.63, 3.8) is 0 Å². The van der Waals surface area contributed by atoms with Crippen molar-refractivity contribution >= 4 is 5.91 Å². The van der Waals surface area contributed by atoms with E-state index in [2.05, 4.69) is 10.6 Å². The molecule has 22 heavy (non-hydrogen) atoms. The van der Waals surface area contributed by atoms with Crippen LogP contribution in [0.5, 0.6) is 0 Å². The third-order valence-corrected chi connectivity index (χ3v) is 3.94. The number of nitrogens with one attached hydrogen (secondary N) is 2. The molecule has 1 aliphatic rings. The normalized spacial score (nSPS) is 20.5. The van der Waals surface area contributed by atoms with E-state index >= 15 is 0 Å². The second-order valence-corrected chi connectivity index (χ2v) is 5.84. The SMILES string of the molecule is CC(CC(=O)N[C@H]1CCCNC1)c1cccc(C(F)(F)F)c1. The number of alkyl halides is 3. The molecule has 1 aliphatic heterocycles. The summed E-state index contributed by atoms with van der Waals surface area (Å²) in [4.78, 5) is 12.0. The van der Waals surface area contributed by atoms with Crippen molar-refractivity contribution in [2.24, 2.45) is 0 Å². The van der Waals surface area contributed by atoms with E-state index in [0.29, 0.717) is 5.56 Å². The van der Waals surface area contributed by atoms with Gasteiger partial charge in [-0.25, -0.2) is 0 Å². The zero-order valence-electron chi connectivity index (χ0n) is 12.5. The van der Waals surface area contributed by atoms with E-state index in [1.807, 2.05) is 0 Å². The van der Waals surface area contributed by atoms with Crippen LogP contribution in [-0.4, -0.2) is 25.0 Å². The Morgan fingerprint density at radius 2 is 2.23 bits per heavy atom. The average molecular weight is 314 g/mol. The number of halogens is 3. The molecule has 2 atom stereocenters. The highest BCUT2D eigenvalue weighted by molar-refractivity contribution is 5.77. The van der Waals surface area contributed by atoms with Crippen LogP contribution in [0.1, 0.15) is 43.2 Å². The fourth-order valence-electron chi connectivity index (χ4n) is 2.68. The van der Waals surface area contributed by atoms with Crippen molar-refractivity contribution in [1.29, 1.82) is 0 Å². The largest absolute Gasteiger partial charge is 0.416 e. The van der Waals surface area contributed by atoms with Crippen molar-refractivity contribution < 1.29 is 18.0 Å². The first-order chi connectivity index (χ1) is 10.4. The lowest BCUT2D eigenvalue weighted by Gasteiger charge is -2.24. The molecule has 0 aliphatic carbocycles. The summed E-state index contributed by atoms with van der Waals surface area (Å²) in [6.45, 7) is 3.49. The Morgan fingerprint density at radius 1 is 1.45 bits per heavy atom. The molecular formula is C16H21F3N2O. The second-order valence-electron chi connectivity index (χ2n) is 5.84. The molecule has 1 amide bonds. The van der Waals surface area contributed by atoms with E-state index in [0.717, 1.165) is 38.1 Å². The lowest BCUT2D eigenvalue weighted by Crippen LogP contribution is -2.45. The molecule has 0 radical (unpaired) electrons. The molecule has 0 aromatic heterocycles. The van der Waals surface area contributed by atoms with Gasteiger partial charge in [0.15, 0.2) is 0 Å². The maximum atomic E-state index is 12.7. The number of carbonyl (C=O) groups is 1. The van der Waals surface area contributed by atoms with Crippen molar-refractivity contribution in [3.8, 4) is 0 Å². The number of hydrogen-bond acceptors (Lipinski definition) is 2. The van der Waals surface area contributed by atoms with E-state index in [-0.39, 0.29) is 24.3 Å². The van der Waals surface area contributed by atoms with Gasteiger partial charge in [-0.1, -0.05) is 25.1 Å². The number of carbonyl (C=O) groups excluding carboxylic acids is 1. The van der Waals surface area contributed by atoms with Gasteiger partial charge < -0.3 is 10.6 Å². The molecule has 1 saturated heterocycles. The van der Waals surface area contributed by atoms with Crippen LogP contribution in [0, 0.1) is 0 Å².